The van der Waals surface area contributed by atoms with Crippen LogP contribution >= 0.6 is 0 Å². The molecular formula is C11H22N2O2. The fourth-order valence-corrected chi connectivity index (χ4v) is 1.74. The van der Waals surface area contributed by atoms with Crippen molar-refractivity contribution in [1.29, 1.82) is 0 Å². The van der Waals surface area contributed by atoms with Crippen LogP contribution in [0.5, 0.6) is 0 Å². The average Bonchev–Trinajstić information content (AvgIpc) is 2.25. The Balaban J connectivity index is 2.11. The van der Waals surface area contributed by atoms with Gasteiger partial charge in [-0.3, -0.25) is 0 Å². The molecule has 1 aliphatic rings. The van der Waals surface area contributed by atoms with Crippen LogP contribution in [0.25, 0.3) is 0 Å². The van der Waals surface area contributed by atoms with Gasteiger partial charge in [-0.25, -0.2) is 4.79 Å². The SMILES string of the molecule is COCCCNC(=O)N1CCC(C)CC1. The highest BCUT2D eigenvalue weighted by atomic mass is 16.5. The molecule has 4 nitrogen and oxygen atoms in total. The van der Waals surface area contributed by atoms with Crippen LogP contribution in [0.2, 0.25) is 0 Å². The molecule has 0 aromatic heterocycles. The van der Waals surface area contributed by atoms with Crippen LogP contribution in [0.15, 0.2) is 0 Å². The number of likely N-dealkylation sites (tertiary alicyclic amines) is 1. The number of methoxy groups -OCH3 is 1. The van der Waals surface area contributed by atoms with Crippen molar-refractivity contribution < 1.29 is 9.53 Å². The van der Waals surface area contributed by atoms with Crippen LogP contribution < -0.4 is 5.32 Å². The van der Waals surface area contributed by atoms with E-state index in [1.165, 1.54) is 0 Å². The van der Waals surface area contributed by atoms with E-state index in [4.69, 9.17) is 4.74 Å². The van der Waals surface area contributed by atoms with E-state index >= 15 is 0 Å². The lowest BCUT2D eigenvalue weighted by molar-refractivity contribution is 0.169. The highest BCUT2D eigenvalue weighted by Gasteiger charge is 2.19. The minimum absolute atomic E-state index is 0.0815. The molecule has 1 aliphatic heterocycles. The molecular weight excluding hydrogens is 192 g/mol. The van der Waals surface area contributed by atoms with E-state index in [1.54, 1.807) is 7.11 Å². The lowest BCUT2D eigenvalue weighted by atomic mass is 10.00. The van der Waals surface area contributed by atoms with Gasteiger partial charge >= 0.3 is 6.03 Å². The van der Waals surface area contributed by atoms with Gasteiger partial charge in [0.15, 0.2) is 0 Å². The molecule has 0 unspecified atom stereocenters. The zero-order chi connectivity index (χ0) is 11.1. The second-order valence-corrected chi connectivity index (χ2v) is 4.25. The van der Waals surface area contributed by atoms with Crippen molar-refractivity contribution in [2.75, 3.05) is 33.4 Å². The molecule has 1 heterocycles. The zero-order valence-electron chi connectivity index (χ0n) is 9.79. The first-order valence-corrected chi connectivity index (χ1v) is 5.75. The molecule has 88 valence electrons. The third-order valence-electron chi connectivity index (χ3n) is 2.87. The topological polar surface area (TPSA) is 41.6 Å². The summed E-state index contributed by atoms with van der Waals surface area (Å²) < 4.78 is 4.92. The van der Waals surface area contributed by atoms with Gasteiger partial charge in [0.05, 0.1) is 0 Å². The predicted molar refractivity (Wildman–Crippen MR) is 59.9 cm³/mol. The minimum atomic E-state index is 0.0815. The molecule has 2 amide bonds. The largest absolute Gasteiger partial charge is 0.385 e. The number of rotatable bonds is 4. The van der Waals surface area contributed by atoms with Gasteiger partial charge in [-0.1, -0.05) is 6.92 Å². The highest BCUT2D eigenvalue weighted by molar-refractivity contribution is 5.74. The quantitative estimate of drug-likeness (QED) is 0.720. The summed E-state index contributed by atoms with van der Waals surface area (Å²) >= 11 is 0. The number of ether oxygens (including phenoxy) is 1. The zero-order valence-corrected chi connectivity index (χ0v) is 9.79. The van der Waals surface area contributed by atoms with Gasteiger partial charge in [0.2, 0.25) is 0 Å². The van der Waals surface area contributed by atoms with Crippen molar-refractivity contribution in [2.45, 2.75) is 26.2 Å². The molecule has 1 rings (SSSR count). The fourth-order valence-electron chi connectivity index (χ4n) is 1.74. The maximum Gasteiger partial charge on any atom is 0.317 e. The summed E-state index contributed by atoms with van der Waals surface area (Å²) in [5, 5.41) is 2.91. The van der Waals surface area contributed by atoms with E-state index < -0.39 is 0 Å². The number of nitrogens with zero attached hydrogens (tertiary/aromatic N) is 1. The van der Waals surface area contributed by atoms with E-state index in [1.807, 2.05) is 4.90 Å². The van der Waals surface area contributed by atoms with Gasteiger partial charge in [-0.2, -0.15) is 0 Å². The van der Waals surface area contributed by atoms with Crippen molar-refractivity contribution in [3.8, 4) is 0 Å². The minimum Gasteiger partial charge on any atom is -0.385 e. The number of piperidine rings is 1. The van der Waals surface area contributed by atoms with Crippen LogP contribution in [0.4, 0.5) is 4.79 Å². The van der Waals surface area contributed by atoms with Crippen LogP contribution in [-0.2, 0) is 4.74 Å². The lowest BCUT2D eigenvalue weighted by Crippen LogP contribution is -2.44. The first kappa shape index (κ1) is 12.3. The molecule has 0 aromatic carbocycles. The van der Waals surface area contributed by atoms with Crippen molar-refractivity contribution >= 4 is 6.03 Å². The monoisotopic (exact) mass is 214 g/mol. The summed E-state index contributed by atoms with van der Waals surface area (Å²) in [6.45, 7) is 5.46. The predicted octanol–water partition coefficient (Wildman–Crippen LogP) is 1.46. The second-order valence-electron chi connectivity index (χ2n) is 4.25. The fraction of sp³-hybridized carbons (Fsp3) is 0.909. The van der Waals surface area contributed by atoms with Gasteiger partial charge < -0.3 is 15.0 Å². The molecule has 0 radical (unpaired) electrons. The molecule has 0 aliphatic carbocycles. The Bertz CT molecular complexity index is 189. The Hall–Kier alpha value is -0.770. The number of nitrogens with one attached hydrogen (secondary N) is 1. The first-order valence-electron chi connectivity index (χ1n) is 5.75. The van der Waals surface area contributed by atoms with Gasteiger partial charge in [-0.05, 0) is 25.2 Å². The normalized spacial score (nSPS) is 17.9. The Morgan fingerprint density at radius 1 is 1.47 bits per heavy atom. The average molecular weight is 214 g/mol. The van der Waals surface area contributed by atoms with Crippen molar-refractivity contribution in [1.82, 2.24) is 10.2 Å². The van der Waals surface area contributed by atoms with E-state index in [0.29, 0.717) is 13.2 Å². The molecule has 15 heavy (non-hydrogen) atoms. The van der Waals surface area contributed by atoms with Crippen molar-refractivity contribution in [3.63, 3.8) is 0 Å². The van der Waals surface area contributed by atoms with Crippen LogP contribution in [0.1, 0.15) is 26.2 Å². The summed E-state index contributed by atoms with van der Waals surface area (Å²) in [6.07, 6.45) is 3.14. The van der Waals surface area contributed by atoms with Crippen molar-refractivity contribution in [2.24, 2.45) is 5.92 Å². The maximum atomic E-state index is 11.6. The molecule has 0 bridgehead atoms. The third kappa shape index (κ3) is 4.51. The number of carbonyl (C=O) groups is 1. The third-order valence-corrected chi connectivity index (χ3v) is 2.87. The molecule has 0 saturated carbocycles. The number of hydrogen-bond acceptors (Lipinski definition) is 2. The number of amides is 2. The Morgan fingerprint density at radius 2 is 2.13 bits per heavy atom. The summed E-state index contributed by atoms with van der Waals surface area (Å²) in [5.41, 5.74) is 0. The van der Waals surface area contributed by atoms with E-state index in [9.17, 15) is 4.79 Å². The van der Waals surface area contributed by atoms with E-state index in [-0.39, 0.29) is 6.03 Å². The second kappa shape index (κ2) is 6.67. The standard InChI is InChI=1S/C11H22N2O2/c1-10-4-7-13(8-5-10)11(14)12-6-3-9-15-2/h10H,3-9H2,1-2H3,(H,12,14). The smallest absolute Gasteiger partial charge is 0.317 e. The van der Waals surface area contributed by atoms with Gasteiger partial charge in [0, 0.05) is 33.4 Å². The molecule has 1 N–H and O–H groups in total. The summed E-state index contributed by atoms with van der Waals surface area (Å²) in [4.78, 5) is 13.6. The maximum absolute atomic E-state index is 11.6. The van der Waals surface area contributed by atoms with Crippen molar-refractivity contribution in [3.05, 3.63) is 0 Å². The van der Waals surface area contributed by atoms with Crippen LogP contribution in [0, 0.1) is 5.92 Å². The molecule has 1 saturated heterocycles. The lowest BCUT2D eigenvalue weighted by Gasteiger charge is -2.30. The highest BCUT2D eigenvalue weighted by Crippen LogP contribution is 2.15. The van der Waals surface area contributed by atoms with Gasteiger partial charge in [0.1, 0.15) is 0 Å². The van der Waals surface area contributed by atoms with Crippen LogP contribution in [0.3, 0.4) is 0 Å². The van der Waals surface area contributed by atoms with Gasteiger partial charge in [-0.15, -0.1) is 0 Å². The number of urea groups is 1. The molecule has 1 fully saturated rings. The van der Waals surface area contributed by atoms with E-state index in [2.05, 4.69) is 12.2 Å². The van der Waals surface area contributed by atoms with Gasteiger partial charge in [0.25, 0.3) is 0 Å². The summed E-state index contributed by atoms with van der Waals surface area (Å²) in [6, 6.07) is 0.0815. The molecule has 4 heteroatoms. The molecule has 0 aromatic rings. The van der Waals surface area contributed by atoms with E-state index in [0.717, 1.165) is 38.3 Å². The number of carbonyl (C=O) groups excluding carboxylic acids is 1. The van der Waals surface area contributed by atoms with Crippen LogP contribution in [-0.4, -0.2) is 44.3 Å². The summed E-state index contributed by atoms with van der Waals surface area (Å²) in [5.74, 6) is 0.766. The number of hydrogen-bond donors (Lipinski definition) is 1. The Labute approximate surface area is 92.0 Å². The Morgan fingerprint density at radius 3 is 2.73 bits per heavy atom. The Kier molecular flexibility index (Phi) is 5.47. The molecule has 0 spiro atoms. The first-order chi connectivity index (χ1) is 7.24. The summed E-state index contributed by atoms with van der Waals surface area (Å²) in [7, 11) is 1.67. The molecule has 0 atom stereocenters.